The van der Waals surface area contributed by atoms with Crippen LogP contribution in [0, 0.1) is 5.92 Å². The van der Waals surface area contributed by atoms with Crippen molar-refractivity contribution in [3.8, 4) is 0 Å². The first-order valence-electron chi connectivity index (χ1n) is 6.29. The minimum absolute atomic E-state index is 0.177. The summed E-state index contributed by atoms with van der Waals surface area (Å²) in [6.45, 7) is 2.78. The number of nitrogens with one attached hydrogen (secondary N) is 3. The molecule has 1 amide bonds. The van der Waals surface area contributed by atoms with Crippen LogP contribution in [-0.2, 0) is 11.2 Å². The van der Waals surface area contributed by atoms with Gasteiger partial charge in [0.05, 0.1) is 6.33 Å². The monoisotopic (exact) mass is 236 g/mol. The van der Waals surface area contributed by atoms with Crippen LogP contribution in [0.1, 0.15) is 25.0 Å². The molecule has 5 nitrogen and oxygen atoms in total. The Labute approximate surface area is 101 Å². The maximum atomic E-state index is 11.7. The van der Waals surface area contributed by atoms with E-state index in [9.17, 15) is 4.79 Å². The van der Waals surface area contributed by atoms with E-state index in [4.69, 9.17) is 0 Å². The van der Waals surface area contributed by atoms with Crippen LogP contribution in [-0.4, -0.2) is 35.5 Å². The summed E-state index contributed by atoms with van der Waals surface area (Å²) in [4.78, 5) is 18.6. The lowest BCUT2D eigenvalue weighted by atomic mass is 9.94. The molecule has 1 aliphatic rings. The Morgan fingerprint density at radius 1 is 1.47 bits per heavy atom. The molecule has 2 rings (SSSR count). The fourth-order valence-electron chi connectivity index (χ4n) is 2.18. The Hall–Kier alpha value is -1.36. The predicted molar refractivity (Wildman–Crippen MR) is 65.5 cm³/mol. The zero-order chi connectivity index (χ0) is 11.9. The van der Waals surface area contributed by atoms with Gasteiger partial charge in [0.25, 0.3) is 0 Å². The number of carbonyl (C=O) groups excluding carboxylic acids is 1. The largest absolute Gasteiger partial charge is 0.356 e. The third-order valence-electron chi connectivity index (χ3n) is 3.20. The molecule has 0 spiro atoms. The van der Waals surface area contributed by atoms with E-state index in [1.807, 2.05) is 0 Å². The summed E-state index contributed by atoms with van der Waals surface area (Å²) in [5.74, 6) is 0.736. The van der Waals surface area contributed by atoms with Crippen molar-refractivity contribution in [2.45, 2.75) is 25.7 Å². The van der Waals surface area contributed by atoms with Crippen LogP contribution in [0.25, 0.3) is 0 Å². The minimum atomic E-state index is 0.177. The highest BCUT2D eigenvalue weighted by molar-refractivity contribution is 5.76. The molecule has 1 saturated heterocycles. The Kier molecular flexibility index (Phi) is 4.55. The quantitative estimate of drug-likeness (QED) is 0.695. The molecular formula is C12H20N4O. The lowest BCUT2D eigenvalue weighted by Gasteiger charge is -2.21. The van der Waals surface area contributed by atoms with Crippen LogP contribution in [0.4, 0.5) is 0 Å². The molecule has 17 heavy (non-hydrogen) atoms. The van der Waals surface area contributed by atoms with Crippen LogP contribution in [0.15, 0.2) is 12.5 Å². The first kappa shape index (κ1) is 12.1. The summed E-state index contributed by atoms with van der Waals surface area (Å²) >= 11 is 0. The topological polar surface area (TPSA) is 69.8 Å². The normalized spacial score (nSPS) is 16.9. The Balaban J connectivity index is 1.60. The van der Waals surface area contributed by atoms with E-state index in [0.29, 0.717) is 18.9 Å². The standard InChI is InChI=1S/C12H20N4O/c17-12(7-10-1-4-13-5-2-10)15-6-3-11-8-14-9-16-11/h8-10,13H,1-7H2,(H,14,16)(H,15,17). The number of hydrogen-bond donors (Lipinski definition) is 3. The van der Waals surface area contributed by atoms with Gasteiger partial charge in [0.15, 0.2) is 0 Å². The average molecular weight is 236 g/mol. The van der Waals surface area contributed by atoms with E-state index < -0.39 is 0 Å². The molecule has 0 aromatic carbocycles. The van der Waals surface area contributed by atoms with Gasteiger partial charge in [-0.1, -0.05) is 0 Å². The smallest absolute Gasteiger partial charge is 0.220 e. The minimum Gasteiger partial charge on any atom is -0.356 e. The van der Waals surface area contributed by atoms with Crippen LogP contribution in [0.2, 0.25) is 0 Å². The van der Waals surface area contributed by atoms with Crippen molar-refractivity contribution in [3.63, 3.8) is 0 Å². The highest BCUT2D eigenvalue weighted by atomic mass is 16.1. The highest BCUT2D eigenvalue weighted by Crippen LogP contribution is 2.15. The molecule has 0 bridgehead atoms. The van der Waals surface area contributed by atoms with Gasteiger partial charge in [0.1, 0.15) is 0 Å². The number of rotatable bonds is 5. The van der Waals surface area contributed by atoms with Gasteiger partial charge >= 0.3 is 0 Å². The van der Waals surface area contributed by atoms with E-state index in [2.05, 4.69) is 20.6 Å². The first-order chi connectivity index (χ1) is 8.34. The van der Waals surface area contributed by atoms with Crippen molar-refractivity contribution in [1.29, 1.82) is 0 Å². The number of hydrogen-bond acceptors (Lipinski definition) is 3. The number of imidazole rings is 1. The number of amides is 1. The first-order valence-corrected chi connectivity index (χ1v) is 6.29. The Morgan fingerprint density at radius 3 is 3.00 bits per heavy atom. The van der Waals surface area contributed by atoms with Crippen LogP contribution in [0.5, 0.6) is 0 Å². The van der Waals surface area contributed by atoms with Gasteiger partial charge in [-0.3, -0.25) is 4.79 Å². The van der Waals surface area contributed by atoms with Crippen LogP contribution < -0.4 is 10.6 Å². The number of aromatic amines is 1. The van der Waals surface area contributed by atoms with Gasteiger partial charge in [-0.15, -0.1) is 0 Å². The summed E-state index contributed by atoms with van der Waals surface area (Å²) < 4.78 is 0. The van der Waals surface area contributed by atoms with E-state index in [0.717, 1.165) is 38.0 Å². The van der Waals surface area contributed by atoms with E-state index in [-0.39, 0.29) is 5.91 Å². The SMILES string of the molecule is O=C(CC1CCNCC1)NCCc1cnc[nH]1. The molecule has 0 unspecified atom stereocenters. The average Bonchev–Trinajstić information content (AvgIpc) is 2.83. The number of piperidine rings is 1. The molecule has 0 radical (unpaired) electrons. The van der Waals surface area contributed by atoms with E-state index in [1.54, 1.807) is 12.5 Å². The zero-order valence-electron chi connectivity index (χ0n) is 10.0. The molecule has 0 aliphatic carbocycles. The lowest BCUT2D eigenvalue weighted by molar-refractivity contribution is -0.122. The van der Waals surface area contributed by atoms with Gasteiger partial charge in [0.2, 0.25) is 5.91 Å². The predicted octanol–water partition coefficient (Wildman–Crippen LogP) is 0.458. The summed E-state index contributed by atoms with van der Waals surface area (Å²) in [6.07, 6.45) is 7.18. The number of H-pyrrole nitrogens is 1. The van der Waals surface area contributed by atoms with Crippen molar-refractivity contribution < 1.29 is 4.79 Å². The molecule has 0 saturated carbocycles. The molecule has 2 heterocycles. The second kappa shape index (κ2) is 6.39. The summed E-state index contributed by atoms with van der Waals surface area (Å²) in [7, 11) is 0. The van der Waals surface area contributed by atoms with Crippen molar-refractivity contribution in [1.82, 2.24) is 20.6 Å². The zero-order valence-corrected chi connectivity index (χ0v) is 10.0. The van der Waals surface area contributed by atoms with Crippen molar-refractivity contribution in [2.24, 2.45) is 5.92 Å². The van der Waals surface area contributed by atoms with Gasteiger partial charge in [-0.05, 0) is 31.8 Å². The van der Waals surface area contributed by atoms with Crippen molar-refractivity contribution in [3.05, 3.63) is 18.2 Å². The fourth-order valence-corrected chi connectivity index (χ4v) is 2.18. The second-order valence-electron chi connectivity index (χ2n) is 4.57. The summed E-state index contributed by atoms with van der Waals surface area (Å²) in [5, 5.41) is 6.27. The van der Waals surface area contributed by atoms with Crippen molar-refractivity contribution in [2.75, 3.05) is 19.6 Å². The third-order valence-corrected chi connectivity index (χ3v) is 3.20. The van der Waals surface area contributed by atoms with E-state index in [1.165, 1.54) is 0 Å². The summed E-state index contributed by atoms with van der Waals surface area (Å²) in [5.41, 5.74) is 1.06. The molecule has 1 aromatic heterocycles. The summed E-state index contributed by atoms with van der Waals surface area (Å²) in [6, 6.07) is 0. The Morgan fingerprint density at radius 2 is 2.29 bits per heavy atom. The van der Waals surface area contributed by atoms with Gasteiger partial charge in [-0.25, -0.2) is 4.98 Å². The molecule has 1 aliphatic heterocycles. The number of aromatic nitrogens is 2. The molecule has 3 N–H and O–H groups in total. The number of carbonyl (C=O) groups is 1. The molecular weight excluding hydrogens is 216 g/mol. The maximum Gasteiger partial charge on any atom is 0.220 e. The van der Waals surface area contributed by atoms with Crippen LogP contribution >= 0.6 is 0 Å². The molecule has 0 atom stereocenters. The van der Waals surface area contributed by atoms with Crippen LogP contribution in [0.3, 0.4) is 0 Å². The molecule has 1 aromatic rings. The van der Waals surface area contributed by atoms with Crippen molar-refractivity contribution >= 4 is 5.91 Å². The third kappa shape index (κ3) is 4.19. The van der Waals surface area contributed by atoms with Gasteiger partial charge < -0.3 is 15.6 Å². The molecule has 1 fully saturated rings. The Bertz CT molecular complexity index is 330. The maximum absolute atomic E-state index is 11.7. The second-order valence-corrected chi connectivity index (χ2v) is 4.57. The highest BCUT2D eigenvalue weighted by Gasteiger charge is 2.16. The molecule has 94 valence electrons. The van der Waals surface area contributed by atoms with Gasteiger partial charge in [0, 0.05) is 31.3 Å². The molecule has 5 heteroatoms. The van der Waals surface area contributed by atoms with E-state index >= 15 is 0 Å². The van der Waals surface area contributed by atoms with Gasteiger partial charge in [-0.2, -0.15) is 0 Å². The lowest BCUT2D eigenvalue weighted by Crippen LogP contribution is -2.33. The fraction of sp³-hybridized carbons (Fsp3) is 0.667. The number of nitrogens with zero attached hydrogens (tertiary/aromatic N) is 1.